The molecule has 0 aliphatic carbocycles. The van der Waals surface area contributed by atoms with Crippen molar-refractivity contribution in [3.8, 4) is 50.2 Å². The molecular weight excluding hydrogens is 861 g/mol. The van der Waals surface area contributed by atoms with Crippen molar-refractivity contribution in [1.82, 2.24) is 4.57 Å². The van der Waals surface area contributed by atoms with Gasteiger partial charge in [-0.1, -0.05) is 212 Å². The van der Waals surface area contributed by atoms with Crippen molar-refractivity contribution in [3.05, 3.63) is 267 Å². The first-order valence-corrected chi connectivity index (χ1v) is 24.3. The first-order valence-electron chi connectivity index (χ1n) is 24.3. The lowest BCUT2D eigenvalue weighted by Crippen LogP contribution is -2.11. The maximum Gasteiger partial charge on any atom is 0.143 e. The third-order valence-electron chi connectivity index (χ3n) is 14.4. The van der Waals surface area contributed by atoms with E-state index in [2.05, 4.69) is 276 Å². The van der Waals surface area contributed by atoms with Crippen LogP contribution in [0.1, 0.15) is 0 Å². The van der Waals surface area contributed by atoms with Crippen LogP contribution in [0.3, 0.4) is 0 Å². The molecule has 0 N–H and O–H groups in total. The smallest absolute Gasteiger partial charge is 0.143 e. The van der Waals surface area contributed by atoms with Gasteiger partial charge >= 0.3 is 0 Å². The number of fused-ring (bicyclic) bond motifs is 9. The zero-order valence-electron chi connectivity index (χ0n) is 38.7. The zero-order valence-corrected chi connectivity index (χ0v) is 38.7. The van der Waals surface area contributed by atoms with Crippen molar-refractivity contribution in [2.24, 2.45) is 0 Å². The fourth-order valence-corrected chi connectivity index (χ4v) is 11.1. The van der Waals surface area contributed by atoms with Gasteiger partial charge in [-0.3, -0.25) is 0 Å². The van der Waals surface area contributed by atoms with Crippen molar-refractivity contribution >= 4 is 82.4 Å². The Morgan fingerprint density at radius 3 is 1.44 bits per heavy atom. The molecule has 0 spiro atoms. The summed E-state index contributed by atoms with van der Waals surface area (Å²) in [5.74, 6) is 0. The lowest BCUT2D eigenvalue weighted by Gasteiger charge is -2.28. The number of hydrogen-bond acceptors (Lipinski definition) is 2. The Hall–Kier alpha value is -9.44. The van der Waals surface area contributed by atoms with Crippen LogP contribution in [0.5, 0.6) is 0 Å². The van der Waals surface area contributed by atoms with E-state index in [0.717, 1.165) is 83.3 Å². The second kappa shape index (κ2) is 16.7. The molecule has 71 heavy (non-hydrogen) atoms. The van der Waals surface area contributed by atoms with Gasteiger partial charge in [0.25, 0.3) is 0 Å². The van der Waals surface area contributed by atoms with Gasteiger partial charge in [-0.15, -0.1) is 0 Å². The summed E-state index contributed by atoms with van der Waals surface area (Å²) < 4.78 is 9.37. The minimum absolute atomic E-state index is 0.880. The average molecular weight is 905 g/mol. The highest BCUT2D eigenvalue weighted by molar-refractivity contribution is 6.18. The molecule has 332 valence electrons. The van der Waals surface area contributed by atoms with Gasteiger partial charge in [0.2, 0.25) is 0 Å². The lowest BCUT2D eigenvalue weighted by atomic mass is 9.96. The molecule has 12 aromatic carbocycles. The molecule has 3 nitrogen and oxygen atoms in total. The molecule has 14 rings (SSSR count). The minimum atomic E-state index is 0.880. The largest absolute Gasteiger partial charge is 0.455 e. The van der Waals surface area contributed by atoms with Crippen LogP contribution in [0.15, 0.2) is 271 Å². The van der Waals surface area contributed by atoms with Crippen LogP contribution in [0.2, 0.25) is 0 Å². The molecule has 0 bridgehead atoms. The predicted octanol–water partition coefficient (Wildman–Crippen LogP) is 19.1. The van der Waals surface area contributed by atoms with Gasteiger partial charge in [0, 0.05) is 55.0 Å². The Bertz CT molecular complexity index is 4270. The number of benzene rings is 12. The molecule has 0 fully saturated rings. The Labute approximate surface area is 411 Å². The molecule has 2 aromatic heterocycles. The van der Waals surface area contributed by atoms with Gasteiger partial charge in [-0.2, -0.15) is 0 Å². The van der Waals surface area contributed by atoms with E-state index < -0.39 is 0 Å². The monoisotopic (exact) mass is 904 g/mol. The van der Waals surface area contributed by atoms with Gasteiger partial charge in [0.15, 0.2) is 0 Å². The van der Waals surface area contributed by atoms with E-state index in [4.69, 9.17) is 4.42 Å². The molecule has 2 heterocycles. The number of hydrogen-bond donors (Lipinski definition) is 0. The summed E-state index contributed by atoms with van der Waals surface area (Å²) in [5, 5.41) is 9.51. The van der Waals surface area contributed by atoms with E-state index in [0.29, 0.717) is 0 Å². The van der Waals surface area contributed by atoms with E-state index in [1.165, 1.54) is 49.3 Å². The normalized spacial score (nSPS) is 11.7. The molecule has 3 heteroatoms. The summed E-state index contributed by atoms with van der Waals surface area (Å²) in [6.45, 7) is 0. The SMILES string of the molecule is c1ccc(N(c2ccc(-c3ccc(-c4cccc5ccccc45)cc3)cc2)c2ccc(-c3ccccc3-n3c4ccccc4c4ccccc43)cc2)c(-c2cccc3c2oc2c4ccccc4ccc32)c1. The summed E-state index contributed by atoms with van der Waals surface area (Å²) in [4.78, 5) is 2.39. The van der Waals surface area contributed by atoms with E-state index in [-0.39, 0.29) is 0 Å². The minimum Gasteiger partial charge on any atom is -0.455 e. The van der Waals surface area contributed by atoms with E-state index in [1.807, 2.05) is 0 Å². The van der Waals surface area contributed by atoms with E-state index in [9.17, 15) is 0 Å². The molecule has 0 amide bonds. The first kappa shape index (κ1) is 40.6. The van der Waals surface area contributed by atoms with Gasteiger partial charge in [0.1, 0.15) is 11.2 Å². The van der Waals surface area contributed by atoms with E-state index >= 15 is 0 Å². The summed E-state index contributed by atoms with van der Waals surface area (Å²) >= 11 is 0. The van der Waals surface area contributed by atoms with Crippen molar-refractivity contribution in [2.75, 3.05) is 4.90 Å². The average Bonchev–Trinajstić information content (AvgIpc) is 4.00. The quantitative estimate of drug-likeness (QED) is 0.151. The molecule has 0 atom stereocenters. The van der Waals surface area contributed by atoms with Gasteiger partial charge in [0.05, 0.1) is 22.4 Å². The van der Waals surface area contributed by atoms with Crippen molar-refractivity contribution < 1.29 is 4.42 Å². The maximum atomic E-state index is 6.96. The second-order valence-electron chi connectivity index (χ2n) is 18.4. The van der Waals surface area contributed by atoms with Crippen LogP contribution in [0.25, 0.3) is 115 Å². The Kier molecular flexibility index (Phi) is 9.53. The summed E-state index contributed by atoms with van der Waals surface area (Å²) in [6.07, 6.45) is 0. The number of anilines is 3. The molecule has 0 aliphatic rings. The van der Waals surface area contributed by atoms with Crippen LogP contribution in [0.4, 0.5) is 17.1 Å². The number of rotatable bonds is 8. The third-order valence-corrected chi connectivity index (χ3v) is 14.4. The number of para-hydroxylation sites is 5. The molecule has 0 unspecified atom stereocenters. The maximum absolute atomic E-state index is 6.96. The third kappa shape index (κ3) is 6.74. The van der Waals surface area contributed by atoms with Gasteiger partial charge in [-0.25, -0.2) is 0 Å². The topological polar surface area (TPSA) is 21.3 Å². The number of nitrogens with zero attached hydrogens (tertiary/aromatic N) is 2. The van der Waals surface area contributed by atoms with E-state index in [1.54, 1.807) is 0 Å². The van der Waals surface area contributed by atoms with Crippen LogP contribution in [0, 0.1) is 0 Å². The molecule has 0 aliphatic heterocycles. The van der Waals surface area contributed by atoms with Crippen LogP contribution < -0.4 is 4.90 Å². The van der Waals surface area contributed by atoms with Crippen LogP contribution in [-0.2, 0) is 0 Å². The highest BCUT2D eigenvalue weighted by Crippen LogP contribution is 2.46. The predicted molar refractivity (Wildman–Crippen MR) is 299 cm³/mol. The fourth-order valence-electron chi connectivity index (χ4n) is 11.1. The molecular formula is C68H44N2O. The Morgan fingerprint density at radius 1 is 0.268 bits per heavy atom. The molecule has 14 aromatic rings. The summed E-state index contributed by atoms with van der Waals surface area (Å²) in [7, 11) is 0. The molecule has 0 saturated carbocycles. The number of furan rings is 1. The number of aromatic nitrogens is 1. The molecule has 0 saturated heterocycles. The highest BCUT2D eigenvalue weighted by atomic mass is 16.3. The Morgan fingerprint density at radius 2 is 0.718 bits per heavy atom. The highest BCUT2D eigenvalue weighted by Gasteiger charge is 2.22. The van der Waals surface area contributed by atoms with Gasteiger partial charge < -0.3 is 13.9 Å². The van der Waals surface area contributed by atoms with Crippen molar-refractivity contribution in [2.45, 2.75) is 0 Å². The second-order valence-corrected chi connectivity index (χ2v) is 18.4. The summed E-state index contributed by atoms with van der Waals surface area (Å²) in [6, 6.07) is 96.6. The van der Waals surface area contributed by atoms with Crippen molar-refractivity contribution in [3.63, 3.8) is 0 Å². The first-order chi connectivity index (χ1) is 35.2. The lowest BCUT2D eigenvalue weighted by molar-refractivity contribution is 0.674. The Balaban J connectivity index is 0.896. The van der Waals surface area contributed by atoms with Crippen LogP contribution >= 0.6 is 0 Å². The zero-order chi connectivity index (χ0) is 46.8. The van der Waals surface area contributed by atoms with Gasteiger partial charge in [-0.05, 0) is 98.6 Å². The van der Waals surface area contributed by atoms with Crippen LogP contribution in [-0.4, -0.2) is 4.57 Å². The standard InChI is InChI=1S/C68H44N2O/c1-3-18-53-47(15-1)17-13-24-54(53)49-33-31-45(32-34-49)46-35-40-51(41-36-46)69(64-28-10-8-23-59(64)60-25-14-26-61-62-44-39-48-16-2-4-20-56(48)67(62)71-68(60)61)52-42-37-50(38-43-52)55-19-5-9-27-63(55)70-65-29-11-6-21-57(65)58-22-7-12-30-66(58)70/h1-44H. The molecule has 0 radical (unpaired) electrons. The summed E-state index contributed by atoms with van der Waals surface area (Å²) in [5.41, 5.74) is 17.7. The fraction of sp³-hybridized carbons (Fsp3) is 0. The van der Waals surface area contributed by atoms with Crippen molar-refractivity contribution in [1.29, 1.82) is 0 Å².